The van der Waals surface area contributed by atoms with E-state index in [1.165, 1.54) is 25.7 Å². The van der Waals surface area contributed by atoms with E-state index in [-0.39, 0.29) is 0 Å². The van der Waals surface area contributed by atoms with Crippen LogP contribution < -0.4 is 5.73 Å². The van der Waals surface area contributed by atoms with Crippen LogP contribution in [0.15, 0.2) is 0 Å². The molecule has 0 spiro atoms. The van der Waals surface area contributed by atoms with Gasteiger partial charge in [-0.25, -0.2) is 0 Å². The number of hydrogen-bond acceptors (Lipinski definition) is 2. The van der Waals surface area contributed by atoms with Gasteiger partial charge in [-0.05, 0) is 25.0 Å². The highest BCUT2D eigenvalue weighted by Crippen LogP contribution is 2.29. The van der Waals surface area contributed by atoms with Gasteiger partial charge in [0.05, 0.1) is 0 Å². The van der Waals surface area contributed by atoms with Crippen molar-refractivity contribution in [2.75, 3.05) is 6.26 Å². The molecule has 1 nitrogen and oxygen atoms in total. The summed E-state index contributed by atoms with van der Waals surface area (Å²) in [4.78, 5) is 0. The summed E-state index contributed by atoms with van der Waals surface area (Å²) >= 11 is 1.99. The maximum Gasteiger partial charge on any atom is 0.00846 e. The third kappa shape index (κ3) is 2.38. The topological polar surface area (TPSA) is 26.0 Å². The minimum Gasteiger partial charge on any atom is -0.327 e. The van der Waals surface area contributed by atoms with E-state index in [1.54, 1.807) is 0 Å². The molecule has 0 aromatic rings. The molecule has 11 heavy (non-hydrogen) atoms. The fourth-order valence-corrected chi connectivity index (χ4v) is 2.89. The minimum atomic E-state index is 0.454. The van der Waals surface area contributed by atoms with Crippen molar-refractivity contribution < 1.29 is 0 Å². The minimum absolute atomic E-state index is 0.454. The van der Waals surface area contributed by atoms with Gasteiger partial charge in [-0.15, -0.1) is 0 Å². The van der Waals surface area contributed by atoms with Crippen molar-refractivity contribution in [2.24, 2.45) is 11.7 Å². The van der Waals surface area contributed by atoms with Crippen LogP contribution in [0.4, 0.5) is 0 Å². The van der Waals surface area contributed by atoms with Crippen LogP contribution >= 0.6 is 11.8 Å². The average molecular weight is 173 g/mol. The van der Waals surface area contributed by atoms with Crippen molar-refractivity contribution in [1.82, 2.24) is 0 Å². The molecular weight excluding hydrogens is 154 g/mol. The van der Waals surface area contributed by atoms with Crippen molar-refractivity contribution in [2.45, 2.75) is 43.9 Å². The molecule has 0 bridgehead atoms. The molecule has 0 saturated heterocycles. The monoisotopic (exact) mass is 173 g/mol. The summed E-state index contributed by atoms with van der Waals surface area (Å²) in [6, 6.07) is 0.454. The summed E-state index contributed by atoms with van der Waals surface area (Å²) in [7, 11) is 0. The van der Waals surface area contributed by atoms with Gasteiger partial charge in [-0.1, -0.05) is 19.8 Å². The Morgan fingerprint density at radius 3 is 2.55 bits per heavy atom. The lowest BCUT2D eigenvalue weighted by Crippen LogP contribution is -2.32. The molecule has 0 amide bonds. The molecule has 0 aliphatic heterocycles. The van der Waals surface area contributed by atoms with Crippen molar-refractivity contribution in [3.63, 3.8) is 0 Å². The van der Waals surface area contributed by atoms with E-state index in [0.717, 1.165) is 5.25 Å². The molecule has 3 unspecified atom stereocenters. The molecule has 1 aliphatic carbocycles. The number of nitrogens with two attached hydrogens (primary N) is 1. The van der Waals surface area contributed by atoms with Crippen LogP contribution in [0.1, 0.15) is 32.6 Å². The molecule has 0 aromatic heterocycles. The van der Waals surface area contributed by atoms with Gasteiger partial charge in [-0.2, -0.15) is 11.8 Å². The van der Waals surface area contributed by atoms with Crippen LogP contribution in [0.3, 0.4) is 0 Å². The predicted molar refractivity (Wildman–Crippen MR) is 52.9 cm³/mol. The number of hydrogen-bond donors (Lipinski definition) is 1. The Labute approximate surface area is 74.1 Å². The highest BCUT2D eigenvalue weighted by Gasteiger charge is 2.24. The van der Waals surface area contributed by atoms with E-state index in [0.29, 0.717) is 12.0 Å². The maximum absolute atomic E-state index is 6.03. The third-order valence-corrected chi connectivity index (χ3v) is 4.11. The quantitative estimate of drug-likeness (QED) is 0.616. The van der Waals surface area contributed by atoms with Crippen LogP contribution in [0.5, 0.6) is 0 Å². The highest BCUT2D eigenvalue weighted by atomic mass is 32.2. The van der Waals surface area contributed by atoms with E-state index in [1.807, 2.05) is 11.8 Å². The van der Waals surface area contributed by atoms with Crippen LogP contribution in [-0.2, 0) is 0 Å². The molecular formula is C9H19NS. The molecule has 1 aliphatic rings. The van der Waals surface area contributed by atoms with E-state index in [9.17, 15) is 0 Å². The zero-order valence-corrected chi connectivity index (χ0v) is 8.36. The van der Waals surface area contributed by atoms with E-state index < -0.39 is 0 Å². The molecule has 1 fully saturated rings. The lowest BCUT2D eigenvalue weighted by atomic mass is 9.98. The van der Waals surface area contributed by atoms with E-state index >= 15 is 0 Å². The lowest BCUT2D eigenvalue weighted by molar-refractivity contribution is 0.442. The lowest BCUT2D eigenvalue weighted by Gasteiger charge is -2.23. The fraction of sp³-hybridized carbons (Fsp3) is 1.00. The number of thioether (sulfide) groups is 1. The molecule has 2 heteroatoms. The van der Waals surface area contributed by atoms with Gasteiger partial charge in [0.2, 0.25) is 0 Å². The first-order valence-electron chi connectivity index (χ1n) is 4.54. The van der Waals surface area contributed by atoms with Gasteiger partial charge in [-0.3, -0.25) is 0 Å². The molecule has 66 valence electrons. The normalized spacial score (nSPS) is 40.1. The Balaban J connectivity index is 2.49. The van der Waals surface area contributed by atoms with Gasteiger partial charge in [0.15, 0.2) is 0 Å². The Bertz CT molecular complexity index is 116. The molecule has 0 aromatic carbocycles. The number of rotatable bonds is 1. The second-order valence-electron chi connectivity index (χ2n) is 3.58. The zero-order chi connectivity index (χ0) is 8.27. The summed E-state index contributed by atoms with van der Waals surface area (Å²) in [6.45, 7) is 2.30. The Kier molecular flexibility index (Phi) is 3.73. The second kappa shape index (κ2) is 4.36. The molecule has 0 radical (unpaired) electrons. The Morgan fingerprint density at radius 1 is 1.27 bits per heavy atom. The van der Waals surface area contributed by atoms with Crippen LogP contribution in [-0.4, -0.2) is 17.5 Å². The van der Waals surface area contributed by atoms with Crippen LogP contribution in [0.2, 0.25) is 0 Å². The van der Waals surface area contributed by atoms with Crippen molar-refractivity contribution in [3.8, 4) is 0 Å². The molecule has 2 N–H and O–H groups in total. The smallest absolute Gasteiger partial charge is 0.00846 e. The van der Waals surface area contributed by atoms with Gasteiger partial charge < -0.3 is 5.73 Å². The molecule has 1 rings (SSSR count). The summed E-state index contributed by atoms with van der Waals surface area (Å²) in [5, 5.41) is 0.812. The largest absolute Gasteiger partial charge is 0.327 e. The standard InChI is InChI=1S/C9H19NS/c1-7-8(10)5-3-4-6-9(7)11-2/h7-9H,3-6,10H2,1-2H3. The first kappa shape index (κ1) is 9.40. The molecule has 3 atom stereocenters. The average Bonchev–Trinajstić information content (AvgIpc) is 2.16. The third-order valence-electron chi connectivity index (χ3n) is 2.84. The maximum atomic E-state index is 6.03. The fourth-order valence-electron chi connectivity index (χ4n) is 1.86. The summed E-state index contributed by atoms with van der Waals surface area (Å²) < 4.78 is 0. The first-order chi connectivity index (χ1) is 5.25. The van der Waals surface area contributed by atoms with Gasteiger partial charge >= 0.3 is 0 Å². The van der Waals surface area contributed by atoms with Crippen LogP contribution in [0.25, 0.3) is 0 Å². The summed E-state index contributed by atoms with van der Waals surface area (Å²) in [5.41, 5.74) is 6.03. The second-order valence-corrected chi connectivity index (χ2v) is 4.66. The zero-order valence-electron chi connectivity index (χ0n) is 7.55. The summed E-state index contributed by atoms with van der Waals surface area (Å²) in [5.74, 6) is 0.715. The van der Waals surface area contributed by atoms with Crippen molar-refractivity contribution in [3.05, 3.63) is 0 Å². The highest BCUT2D eigenvalue weighted by molar-refractivity contribution is 7.99. The van der Waals surface area contributed by atoms with Crippen LogP contribution in [0, 0.1) is 5.92 Å². The Morgan fingerprint density at radius 2 is 1.91 bits per heavy atom. The van der Waals surface area contributed by atoms with Gasteiger partial charge in [0.1, 0.15) is 0 Å². The Hall–Kier alpha value is 0.310. The van der Waals surface area contributed by atoms with E-state index in [4.69, 9.17) is 5.73 Å². The predicted octanol–water partition coefficient (Wildman–Crippen LogP) is 2.26. The van der Waals surface area contributed by atoms with Crippen molar-refractivity contribution >= 4 is 11.8 Å². The SMILES string of the molecule is CSC1CCCCC(N)C1C. The first-order valence-corrected chi connectivity index (χ1v) is 5.83. The molecule has 1 saturated carbocycles. The van der Waals surface area contributed by atoms with Crippen molar-refractivity contribution in [1.29, 1.82) is 0 Å². The molecule has 0 heterocycles. The van der Waals surface area contributed by atoms with Gasteiger partial charge in [0, 0.05) is 11.3 Å². The van der Waals surface area contributed by atoms with Gasteiger partial charge in [0.25, 0.3) is 0 Å². The van der Waals surface area contributed by atoms with E-state index in [2.05, 4.69) is 13.2 Å². The summed E-state index contributed by atoms with van der Waals surface area (Å²) in [6.07, 6.45) is 7.53.